The average Bonchev–Trinajstić information content (AvgIpc) is 2.33. The fourth-order valence-electron chi connectivity index (χ4n) is 1.93. The molecule has 0 bridgehead atoms. The van der Waals surface area contributed by atoms with Gasteiger partial charge in [0.25, 0.3) is 5.56 Å². The van der Waals surface area contributed by atoms with Gasteiger partial charge in [0.15, 0.2) is 0 Å². The van der Waals surface area contributed by atoms with Crippen molar-refractivity contribution in [2.75, 3.05) is 0 Å². The van der Waals surface area contributed by atoms with Crippen molar-refractivity contribution in [2.24, 2.45) is 0 Å². The second-order valence-electron chi connectivity index (χ2n) is 4.23. The normalized spacial score (nSPS) is 10.5. The third-order valence-electron chi connectivity index (χ3n) is 2.91. The minimum absolute atomic E-state index is 0.327. The van der Waals surface area contributed by atoms with Crippen LogP contribution in [0.2, 0.25) is 0 Å². The van der Waals surface area contributed by atoms with Crippen LogP contribution < -0.4 is 5.56 Å². The first-order valence-electron chi connectivity index (χ1n) is 5.55. The SMILES string of the molecule is Cc1cc(C)n(O)c(=O)c1Cc1ccccc1. The smallest absolute Gasteiger partial charge is 0.286 e. The summed E-state index contributed by atoms with van der Waals surface area (Å²) in [6, 6.07) is 11.6. The van der Waals surface area contributed by atoms with Crippen LogP contribution in [-0.4, -0.2) is 9.94 Å². The van der Waals surface area contributed by atoms with Gasteiger partial charge in [-0.3, -0.25) is 4.79 Å². The molecule has 3 heteroatoms. The lowest BCUT2D eigenvalue weighted by molar-refractivity contribution is 0.167. The predicted molar refractivity (Wildman–Crippen MR) is 66.6 cm³/mol. The van der Waals surface area contributed by atoms with Gasteiger partial charge in [0.05, 0.1) is 5.69 Å². The maximum absolute atomic E-state index is 11.9. The van der Waals surface area contributed by atoms with Crippen molar-refractivity contribution in [1.82, 2.24) is 4.73 Å². The van der Waals surface area contributed by atoms with Gasteiger partial charge in [0.2, 0.25) is 0 Å². The van der Waals surface area contributed by atoms with Gasteiger partial charge < -0.3 is 5.21 Å². The van der Waals surface area contributed by atoms with Crippen molar-refractivity contribution in [3.8, 4) is 0 Å². The summed E-state index contributed by atoms with van der Waals surface area (Å²) < 4.78 is 0.714. The van der Waals surface area contributed by atoms with E-state index < -0.39 is 0 Å². The largest absolute Gasteiger partial charge is 0.425 e. The minimum Gasteiger partial charge on any atom is -0.425 e. The van der Waals surface area contributed by atoms with Crippen molar-refractivity contribution < 1.29 is 5.21 Å². The molecule has 0 aliphatic heterocycles. The van der Waals surface area contributed by atoms with Crippen LogP contribution in [0, 0.1) is 13.8 Å². The molecule has 3 nitrogen and oxygen atoms in total. The van der Waals surface area contributed by atoms with Gasteiger partial charge in [-0.15, -0.1) is 0 Å². The standard InChI is InChI=1S/C14H15NO2/c1-10-8-11(2)15(17)14(16)13(10)9-12-6-4-3-5-7-12/h3-8,17H,9H2,1-2H3. The molecule has 0 fully saturated rings. The Morgan fingerprint density at radius 3 is 2.47 bits per heavy atom. The molecule has 1 aromatic carbocycles. The topological polar surface area (TPSA) is 42.2 Å². The van der Waals surface area contributed by atoms with Crippen LogP contribution in [0.4, 0.5) is 0 Å². The number of pyridine rings is 1. The Labute approximate surface area is 99.9 Å². The number of rotatable bonds is 2. The van der Waals surface area contributed by atoms with E-state index in [1.165, 1.54) is 0 Å². The molecule has 1 aromatic heterocycles. The number of aryl methyl sites for hydroxylation is 2. The van der Waals surface area contributed by atoms with E-state index in [1.807, 2.05) is 43.3 Å². The molecule has 0 unspecified atom stereocenters. The van der Waals surface area contributed by atoms with Crippen LogP contribution in [0.5, 0.6) is 0 Å². The van der Waals surface area contributed by atoms with E-state index in [4.69, 9.17) is 0 Å². The summed E-state index contributed by atoms with van der Waals surface area (Å²) >= 11 is 0. The quantitative estimate of drug-likeness (QED) is 0.803. The first kappa shape index (κ1) is 11.5. The number of hydrogen-bond acceptors (Lipinski definition) is 2. The number of hydrogen-bond donors (Lipinski definition) is 1. The molecule has 0 amide bonds. The van der Waals surface area contributed by atoms with E-state index in [-0.39, 0.29) is 5.56 Å². The fraction of sp³-hybridized carbons (Fsp3) is 0.214. The van der Waals surface area contributed by atoms with Crippen molar-refractivity contribution in [3.63, 3.8) is 0 Å². The molecule has 2 aromatic rings. The van der Waals surface area contributed by atoms with E-state index in [2.05, 4.69) is 0 Å². The summed E-state index contributed by atoms with van der Waals surface area (Å²) in [4.78, 5) is 11.9. The van der Waals surface area contributed by atoms with Gasteiger partial charge >= 0.3 is 0 Å². The van der Waals surface area contributed by atoms with Crippen molar-refractivity contribution in [3.05, 3.63) is 69.1 Å². The van der Waals surface area contributed by atoms with Crippen LogP contribution in [0.25, 0.3) is 0 Å². The Bertz CT molecular complexity index is 585. The Balaban J connectivity index is 2.47. The molecule has 0 aliphatic rings. The van der Waals surface area contributed by atoms with Crippen molar-refractivity contribution in [2.45, 2.75) is 20.3 Å². The molecule has 1 N–H and O–H groups in total. The molecular formula is C14H15NO2. The van der Waals surface area contributed by atoms with Gasteiger partial charge in [0.1, 0.15) is 0 Å². The molecule has 2 rings (SSSR count). The zero-order chi connectivity index (χ0) is 12.4. The van der Waals surface area contributed by atoms with E-state index >= 15 is 0 Å². The predicted octanol–water partition coefficient (Wildman–Crippen LogP) is 2.29. The monoisotopic (exact) mass is 229 g/mol. The molecule has 0 radical (unpaired) electrons. The van der Waals surface area contributed by atoms with Gasteiger partial charge in [-0.05, 0) is 31.0 Å². The molecule has 0 spiro atoms. The Morgan fingerprint density at radius 1 is 1.18 bits per heavy atom. The molecule has 17 heavy (non-hydrogen) atoms. The molecule has 0 saturated heterocycles. The average molecular weight is 229 g/mol. The molecule has 0 saturated carbocycles. The summed E-state index contributed by atoms with van der Waals surface area (Å²) in [6.45, 7) is 3.60. The number of benzene rings is 1. The van der Waals surface area contributed by atoms with Crippen molar-refractivity contribution >= 4 is 0 Å². The maximum atomic E-state index is 11.9. The van der Waals surface area contributed by atoms with Crippen LogP contribution in [0.1, 0.15) is 22.4 Å². The van der Waals surface area contributed by atoms with Gasteiger partial charge in [-0.2, -0.15) is 4.73 Å². The molecular weight excluding hydrogens is 214 g/mol. The van der Waals surface area contributed by atoms with Crippen LogP contribution >= 0.6 is 0 Å². The van der Waals surface area contributed by atoms with E-state index in [0.717, 1.165) is 11.1 Å². The first-order chi connectivity index (χ1) is 8.09. The Hall–Kier alpha value is -2.03. The second kappa shape index (κ2) is 4.45. The highest BCUT2D eigenvalue weighted by Crippen LogP contribution is 2.11. The highest BCUT2D eigenvalue weighted by Gasteiger charge is 2.09. The van der Waals surface area contributed by atoms with Crippen LogP contribution in [0.3, 0.4) is 0 Å². The highest BCUT2D eigenvalue weighted by atomic mass is 16.5. The van der Waals surface area contributed by atoms with Crippen molar-refractivity contribution in [1.29, 1.82) is 0 Å². The number of aromatic nitrogens is 1. The van der Waals surface area contributed by atoms with E-state index in [9.17, 15) is 10.0 Å². The third kappa shape index (κ3) is 2.23. The Morgan fingerprint density at radius 2 is 1.82 bits per heavy atom. The highest BCUT2D eigenvalue weighted by molar-refractivity contribution is 5.31. The molecule has 88 valence electrons. The van der Waals surface area contributed by atoms with Gasteiger partial charge in [-0.25, -0.2) is 0 Å². The summed E-state index contributed by atoms with van der Waals surface area (Å²) in [7, 11) is 0. The van der Waals surface area contributed by atoms with E-state index in [0.29, 0.717) is 22.4 Å². The van der Waals surface area contributed by atoms with Crippen LogP contribution in [-0.2, 0) is 6.42 Å². The molecule has 1 heterocycles. The fourth-order valence-corrected chi connectivity index (χ4v) is 1.93. The van der Waals surface area contributed by atoms with Gasteiger partial charge in [0, 0.05) is 12.0 Å². The van der Waals surface area contributed by atoms with E-state index in [1.54, 1.807) is 6.92 Å². The lowest BCUT2D eigenvalue weighted by Crippen LogP contribution is -2.25. The minimum atomic E-state index is -0.327. The van der Waals surface area contributed by atoms with Gasteiger partial charge in [-0.1, -0.05) is 30.3 Å². The van der Waals surface area contributed by atoms with Crippen LogP contribution in [0.15, 0.2) is 41.2 Å². The summed E-state index contributed by atoms with van der Waals surface area (Å²) in [5.74, 6) is 0. The maximum Gasteiger partial charge on any atom is 0.286 e. The summed E-state index contributed by atoms with van der Waals surface area (Å²) in [5.41, 5.74) is 2.86. The summed E-state index contributed by atoms with van der Waals surface area (Å²) in [6.07, 6.45) is 0.548. The molecule has 0 aliphatic carbocycles. The third-order valence-corrected chi connectivity index (χ3v) is 2.91. The molecule has 0 atom stereocenters. The second-order valence-corrected chi connectivity index (χ2v) is 4.23. The lowest BCUT2D eigenvalue weighted by Gasteiger charge is -2.09. The lowest BCUT2D eigenvalue weighted by atomic mass is 10.0. The first-order valence-corrected chi connectivity index (χ1v) is 5.55. The zero-order valence-corrected chi connectivity index (χ0v) is 9.97. The Kier molecular flexibility index (Phi) is 3.00. The summed E-state index contributed by atoms with van der Waals surface area (Å²) in [5, 5.41) is 9.59. The zero-order valence-electron chi connectivity index (χ0n) is 9.97. The number of nitrogens with zero attached hydrogens (tertiary/aromatic N) is 1.